The summed E-state index contributed by atoms with van der Waals surface area (Å²) in [5.41, 5.74) is 7.13. The van der Waals surface area contributed by atoms with E-state index in [0.29, 0.717) is 5.75 Å². The first-order chi connectivity index (χ1) is 8.19. The molecule has 0 fully saturated rings. The molecule has 2 N–H and O–H groups in total. The van der Waals surface area contributed by atoms with Crippen molar-refractivity contribution in [2.24, 2.45) is 5.73 Å². The van der Waals surface area contributed by atoms with Gasteiger partial charge in [-0.1, -0.05) is 13.0 Å². The second-order valence-corrected chi connectivity index (χ2v) is 4.80. The lowest BCUT2D eigenvalue weighted by Crippen LogP contribution is -2.26. The average molecular weight is 254 g/mol. The number of thioether (sulfide) groups is 1. The summed E-state index contributed by atoms with van der Waals surface area (Å²) in [5, 5.41) is 0.0767. The van der Waals surface area contributed by atoms with Crippen LogP contribution in [-0.4, -0.2) is 29.9 Å². The second-order valence-electron chi connectivity index (χ2n) is 3.67. The number of carbonyl (C=O) groups is 1. The molecule has 94 valence electrons. The maximum atomic E-state index is 11.2. The Labute approximate surface area is 106 Å². The number of aromatic nitrogens is 1. The number of carbonyl (C=O) groups excluding carboxylic acids is 1. The van der Waals surface area contributed by atoms with Crippen LogP contribution in [0.5, 0.6) is 0 Å². The van der Waals surface area contributed by atoms with E-state index >= 15 is 0 Å². The summed E-state index contributed by atoms with van der Waals surface area (Å²) in [5.74, 6) is 0.0798. The number of hydrogen-bond donors (Lipinski definition) is 1. The normalized spacial score (nSPS) is 14.1. The fourth-order valence-corrected chi connectivity index (χ4v) is 2.65. The lowest BCUT2D eigenvalue weighted by Gasteiger charge is -2.22. The lowest BCUT2D eigenvalue weighted by molar-refractivity contribution is -0.137. The molecule has 4 nitrogen and oxygen atoms in total. The number of hydrogen-bond acceptors (Lipinski definition) is 5. The van der Waals surface area contributed by atoms with Crippen molar-refractivity contribution in [1.82, 2.24) is 4.98 Å². The third kappa shape index (κ3) is 4.36. The monoisotopic (exact) mass is 254 g/mol. The fraction of sp³-hybridized carbons (Fsp3) is 0.500. The van der Waals surface area contributed by atoms with Crippen molar-refractivity contribution < 1.29 is 9.53 Å². The molecule has 5 heteroatoms. The first-order valence-electron chi connectivity index (χ1n) is 5.53. The summed E-state index contributed by atoms with van der Waals surface area (Å²) in [4.78, 5) is 15.2. The SMILES string of the molecule is CCC(N)C(SCC(=O)OC)c1cccnc1. The zero-order valence-corrected chi connectivity index (χ0v) is 10.9. The molecule has 17 heavy (non-hydrogen) atoms. The van der Waals surface area contributed by atoms with Crippen LogP contribution in [0.1, 0.15) is 24.2 Å². The van der Waals surface area contributed by atoms with Crippen LogP contribution in [0.2, 0.25) is 0 Å². The van der Waals surface area contributed by atoms with Gasteiger partial charge in [-0.15, -0.1) is 11.8 Å². The summed E-state index contributed by atoms with van der Waals surface area (Å²) in [6.45, 7) is 2.03. The summed E-state index contributed by atoms with van der Waals surface area (Å²) < 4.78 is 4.63. The second kappa shape index (κ2) is 7.29. The van der Waals surface area contributed by atoms with Gasteiger partial charge in [-0.2, -0.15) is 0 Å². The molecule has 1 heterocycles. The van der Waals surface area contributed by atoms with Crippen LogP contribution in [0.3, 0.4) is 0 Å². The van der Waals surface area contributed by atoms with Crippen LogP contribution in [0.15, 0.2) is 24.5 Å². The molecule has 0 aromatic carbocycles. The van der Waals surface area contributed by atoms with Gasteiger partial charge in [-0.3, -0.25) is 9.78 Å². The molecular weight excluding hydrogens is 236 g/mol. The van der Waals surface area contributed by atoms with Crippen LogP contribution in [0.4, 0.5) is 0 Å². The first-order valence-corrected chi connectivity index (χ1v) is 6.57. The highest BCUT2D eigenvalue weighted by atomic mass is 32.2. The van der Waals surface area contributed by atoms with Gasteiger partial charge in [0.15, 0.2) is 0 Å². The standard InChI is InChI=1S/C12H18N2O2S/c1-3-10(13)12(17-8-11(15)16-2)9-5-4-6-14-7-9/h4-7,10,12H,3,8,13H2,1-2H3. The molecule has 1 rings (SSSR count). The molecule has 0 radical (unpaired) electrons. The molecule has 0 aliphatic rings. The highest BCUT2D eigenvalue weighted by molar-refractivity contribution is 8.00. The Morgan fingerprint density at radius 3 is 2.94 bits per heavy atom. The number of ether oxygens (including phenoxy) is 1. The van der Waals surface area contributed by atoms with Crippen molar-refractivity contribution in [2.45, 2.75) is 24.6 Å². The van der Waals surface area contributed by atoms with Gasteiger partial charge in [-0.05, 0) is 18.1 Å². The van der Waals surface area contributed by atoms with E-state index in [1.807, 2.05) is 19.1 Å². The molecule has 2 atom stereocenters. The molecule has 0 bridgehead atoms. The smallest absolute Gasteiger partial charge is 0.315 e. The molecule has 0 saturated carbocycles. The highest BCUT2D eigenvalue weighted by Gasteiger charge is 2.20. The van der Waals surface area contributed by atoms with Gasteiger partial charge in [-0.25, -0.2) is 0 Å². The van der Waals surface area contributed by atoms with Crippen molar-refractivity contribution in [2.75, 3.05) is 12.9 Å². The van der Waals surface area contributed by atoms with Gasteiger partial charge in [0, 0.05) is 23.7 Å². The van der Waals surface area contributed by atoms with Crippen LogP contribution in [-0.2, 0) is 9.53 Å². The molecule has 0 aliphatic carbocycles. The number of pyridine rings is 1. The van der Waals surface area contributed by atoms with Crippen molar-refractivity contribution in [3.05, 3.63) is 30.1 Å². The van der Waals surface area contributed by atoms with Gasteiger partial charge < -0.3 is 10.5 Å². The molecule has 1 aromatic heterocycles. The Balaban J connectivity index is 2.71. The van der Waals surface area contributed by atoms with Crippen LogP contribution >= 0.6 is 11.8 Å². The maximum absolute atomic E-state index is 11.2. The molecule has 0 saturated heterocycles. The largest absolute Gasteiger partial charge is 0.468 e. The number of esters is 1. The van der Waals surface area contributed by atoms with E-state index in [0.717, 1.165) is 12.0 Å². The zero-order chi connectivity index (χ0) is 12.7. The number of rotatable bonds is 6. The summed E-state index contributed by atoms with van der Waals surface area (Å²) in [6, 6.07) is 3.87. The lowest BCUT2D eigenvalue weighted by atomic mass is 10.1. The first kappa shape index (κ1) is 14.0. The molecule has 0 amide bonds. The Morgan fingerprint density at radius 2 is 2.41 bits per heavy atom. The van der Waals surface area contributed by atoms with Crippen molar-refractivity contribution in [3.63, 3.8) is 0 Å². The summed E-state index contributed by atoms with van der Waals surface area (Å²) in [7, 11) is 1.39. The topological polar surface area (TPSA) is 65.2 Å². The molecule has 2 unspecified atom stereocenters. The average Bonchev–Trinajstić information content (AvgIpc) is 2.39. The van der Waals surface area contributed by atoms with Crippen molar-refractivity contribution in [1.29, 1.82) is 0 Å². The maximum Gasteiger partial charge on any atom is 0.315 e. The van der Waals surface area contributed by atoms with E-state index in [1.54, 1.807) is 12.4 Å². The zero-order valence-electron chi connectivity index (χ0n) is 10.1. The van der Waals surface area contributed by atoms with Gasteiger partial charge >= 0.3 is 5.97 Å². The van der Waals surface area contributed by atoms with Gasteiger partial charge in [0.2, 0.25) is 0 Å². The number of nitrogens with zero attached hydrogens (tertiary/aromatic N) is 1. The third-order valence-corrected chi connectivity index (χ3v) is 3.86. The van der Waals surface area contributed by atoms with E-state index in [9.17, 15) is 4.79 Å². The van der Waals surface area contributed by atoms with Gasteiger partial charge in [0.25, 0.3) is 0 Å². The van der Waals surface area contributed by atoms with Crippen LogP contribution in [0, 0.1) is 0 Å². The van der Waals surface area contributed by atoms with E-state index in [2.05, 4.69) is 9.72 Å². The third-order valence-electron chi connectivity index (χ3n) is 2.48. The van der Waals surface area contributed by atoms with Crippen molar-refractivity contribution >= 4 is 17.7 Å². The minimum Gasteiger partial charge on any atom is -0.468 e. The fourth-order valence-electron chi connectivity index (χ4n) is 1.44. The minimum atomic E-state index is -0.229. The van der Waals surface area contributed by atoms with Gasteiger partial charge in [0.05, 0.1) is 12.9 Å². The van der Waals surface area contributed by atoms with E-state index in [4.69, 9.17) is 5.73 Å². The minimum absolute atomic E-state index is 0.00820. The summed E-state index contributed by atoms with van der Waals surface area (Å²) >= 11 is 1.50. The number of methoxy groups -OCH3 is 1. The molecule has 1 aromatic rings. The number of nitrogens with two attached hydrogens (primary N) is 1. The Bertz CT molecular complexity index is 346. The molecule has 0 aliphatic heterocycles. The Kier molecular flexibility index (Phi) is 6.00. The Morgan fingerprint density at radius 1 is 1.65 bits per heavy atom. The van der Waals surface area contributed by atoms with E-state index < -0.39 is 0 Å². The predicted octanol–water partition coefficient (Wildman–Crippen LogP) is 1.77. The quantitative estimate of drug-likeness (QED) is 0.784. The predicted molar refractivity (Wildman–Crippen MR) is 69.7 cm³/mol. The van der Waals surface area contributed by atoms with Crippen LogP contribution < -0.4 is 5.73 Å². The van der Waals surface area contributed by atoms with Crippen LogP contribution in [0.25, 0.3) is 0 Å². The molecule has 0 spiro atoms. The summed E-state index contributed by atoms with van der Waals surface area (Å²) in [6.07, 6.45) is 4.38. The highest BCUT2D eigenvalue weighted by Crippen LogP contribution is 2.31. The molecular formula is C12H18N2O2S. The van der Waals surface area contributed by atoms with Crippen molar-refractivity contribution in [3.8, 4) is 0 Å². The van der Waals surface area contributed by atoms with E-state index in [-0.39, 0.29) is 17.3 Å². The van der Waals surface area contributed by atoms with E-state index in [1.165, 1.54) is 18.9 Å². The Hall–Kier alpha value is -1.07. The van der Waals surface area contributed by atoms with Gasteiger partial charge in [0.1, 0.15) is 0 Å².